The fourth-order valence-electron chi connectivity index (χ4n) is 2.50. The molecule has 1 aliphatic carbocycles. The summed E-state index contributed by atoms with van der Waals surface area (Å²) in [6.07, 6.45) is 3.52. The number of thiophene rings is 1. The maximum atomic E-state index is 10.5. The maximum Gasteiger partial charge on any atom is 0.118 e. The highest BCUT2D eigenvalue weighted by Crippen LogP contribution is 2.45. The minimum Gasteiger partial charge on any atom is -0.384 e. The molecule has 1 aromatic heterocycles. The molecule has 0 bridgehead atoms. The Balaban J connectivity index is 2.23. The maximum absolute atomic E-state index is 10.5. The number of hydrogen-bond acceptors (Lipinski definition) is 3. The Labute approximate surface area is 105 Å². The van der Waals surface area contributed by atoms with Gasteiger partial charge in [0.1, 0.15) is 6.10 Å². The average molecular weight is 261 g/mol. The molecule has 90 valence electrons. The van der Waals surface area contributed by atoms with Crippen molar-refractivity contribution in [2.45, 2.75) is 44.3 Å². The number of ether oxygens (including phenoxy) is 1. The first-order chi connectivity index (χ1) is 7.69. The molecule has 0 amide bonds. The van der Waals surface area contributed by atoms with Crippen molar-refractivity contribution in [2.75, 3.05) is 6.61 Å². The zero-order valence-electron chi connectivity index (χ0n) is 9.41. The van der Waals surface area contributed by atoms with Crippen LogP contribution in [0.15, 0.2) is 11.4 Å². The van der Waals surface area contributed by atoms with Gasteiger partial charge in [-0.15, -0.1) is 11.3 Å². The molecule has 2 rings (SSSR count). The van der Waals surface area contributed by atoms with Gasteiger partial charge in [-0.3, -0.25) is 0 Å². The predicted octanol–water partition coefficient (Wildman–Crippen LogP) is 3.78. The quantitative estimate of drug-likeness (QED) is 0.893. The lowest BCUT2D eigenvalue weighted by Crippen LogP contribution is -2.36. The van der Waals surface area contributed by atoms with Crippen molar-refractivity contribution in [3.8, 4) is 0 Å². The van der Waals surface area contributed by atoms with Crippen LogP contribution in [-0.4, -0.2) is 17.3 Å². The van der Waals surface area contributed by atoms with E-state index in [9.17, 15) is 5.11 Å². The summed E-state index contributed by atoms with van der Waals surface area (Å²) in [7, 11) is 0. The first-order valence-electron chi connectivity index (χ1n) is 5.74. The van der Waals surface area contributed by atoms with Crippen molar-refractivity contribution < 1.29 is 9.84 Å². The van der Waals surface area contributed by atoms with Crippen molar-refractivity contribution in [3.05, 3.63) is 21.3 Å². The zero-order valence-corrected chi connectivity index (χ0v) is 11.0. The van der Waals surface area contributed by atoms with Crippen LogP contribution >= 0.6 is 22.9 Å². The van der Waals surface area contributed by atoms with Crippen LogP contribution in [0, 0.1) is 0 Å². The predicted molar refractivity (Wildman–Crippen MR) is 67.1 cm³/mol. The molecule has 1 N–H and O–H groups in total. The fourth-order valence-corrected chi connectivity index (χ4v) is 3.75. The van der Waals surface area contributed by atoms with Crippen LogP contribution < -0.4 is 0 Å². The van der Waals surface area contributed by atoms with E-state index < -0.39 is 11.7 Å². The van der Waals surface area contributed by atoms with Gasteiger partial charge in [-0.05, 0) is 31.2 Å². The summed E-state index contributed by atoms with van der Waals surface area (Å²) >= 11 is 7.58. The van der Waals surface area contributed by atoms with Gasteiger partial charge in [-0.2, -0.15) is 0 Å². The van der Waals surface area contributed by atoms with Crippen LogP contribution in [0.3, 0.4) is 0 Å². The monoisotopic (exact) mass is 260 g/mol. The number of hydrogen-bond donors (Lipinski definition) is 1. The SMILES string of the molecule is CCOC1(C(O)c2sccc2Cl)CCCC1. The third-order valence-electron chi connectivity index (χ3n) is 3.27. The Morgan fingerprint density at radius 1 is 1.56 bits per heavy atom. The normalized spacial score (nSPS) is 21.2. The summed E-state index contributed by atoms with van der Waals surface area (Å²) in [6, 6.07) is 1.83. The summed E-state index contributed by atoms with van der Waals surface area (Å²) in [5.74, 6) is 0. The molecular formula is C12H17ClO2S. The van der Waals surface area contributed by atoms with Gasteiger partial charge in [0, 0.05) is 6.61 Å². The van der Waals surface area contributed by atoms with Crippen molar-refractivity contribution in [2.24, 2.45) is 0 Å². The smallest absolute Gasteiger partial charge is 0.118 e. The Kier molecular flexibility index (Phi) is 3.90. The van der Waals surface area contributed by atoms with Crippen LogP contribution in [0.5, 0.6) is 0 Å². The van der Waals surface area contributed by atoms with E-state index in [1.807, 2.05) is 18.4 Å². The van der Waals surface area contributed by atoms with E-state index in [0.29, 0.717) is 11.6 Å². The topological polar surface area (TPSA) is 29.5 Å². The lowest BCUT2D eigenvalue weighted by atomic mass is 9.93. The van der Waals surface area contributed by atoms with E-state index in [2.05, 4.69) is 0 Å². The summed E-state index contributed by atoms with van der Waals surface area (Å²) in [4.78, 5) is 0.844. The molecule has 1 saturated carbocycles. The lowest BCUT2D eigenvalue weighted by Gasteiger charge is -2.33. The van der Waals surface area contributed by atoms with E-state index in [-0.39, 0.29) is 0 Å². The second-order valence-corrected chi connectivity index (χ2v) is 5.60. The van der Waals surface area contributed by atoms with Gasteiger partial charge in [0.15, 0.2) is 0 Å². The zero-order chi connectivity index (χ0) is 11.6. The van der Waals surface area contributed by atoms with E-state index in [1.54, 1.807) is 0 Å². The molecule has 1 fully saturated rings. The molecule has 0 aliphatic heterocycles. The summed E-state index contributed by atoms with van der Waals surface area (Å²) < 4.78 is 5.83. The number of halogens is 1. The molecule has 0 saturated heterocycles. The first-order valence-corrected chi connectivity index (χ1v) is 7.00. The summed E-state index contributed by atoms with van der Waals surface area (Å²) in [5, 5.41) is 13.0. The van der Waals surface area contributed by atoms with Gasteiger partial charge >= 0.3 is 0 Å². The first kappa shape index (κ1) is 12.4. The Morgan fingerprint density at radius 2 is 2.25 bits per heavy atom. The Hall–Kier alpha value is -0.0900. The van der Waals surface area contributed by atoms with Gasteiger partial charge in [-0.25, -0.2) is 0 Å². The minimum atomic E-state index is -0.581. The van der Waals surface area contributed by atoms with Crippen molar-refractivity contribution in [1.82, 2.24) is 0 Å². The van der Waals surface area contributed by atoms with Crippen LogP contribution in [0.2, 0.25) is 5.02 Å². The molecule has 4 heteroatoms. The lowest BCUT2D eigenvalue weighted by molar-refractivity contribution is -0.117. The molecule has 0 radical (unpaired) electrons. The van der Waals surface area contributed by atoms with Crippen molar-refractivity contribution in [3.63, 3.8) is 0 Å². The number of aliphatic hydroxyl groups is 1. The molecule has 0 aromatic carbocycles. The van der Waals surface area contributed by atoms with Gasteiger partial charge in [0.25, 0.3) is 0 Å². The molecule has 0 spiro atoms. The largest absolute Gasteiger partial charge is 0.384 e. The third kappa shape index (κ3) is 2.14. The van der Waals surface area contributed by atoms with Crippen molar-refractivity contribution in [1.29, 1.82) is 0 Å². The standard InChI is InChI=1S/C12H17ClO2S/c1-2-15-12(6-3-4-7-12)11(14)10-9(13)5-8-16-10/h5,8,11,14H,2-4,6-7H2,1H3. The second kappa shape index (κ2) is 5.05. The average Bonchev–Trinajstić information content (AvgIpc) is 2.87. The van der Waals surface area contributed by atoms with Crippen LogP contribution in [-0.2, 0) is 4.74 Å². The molecule has 1 aliphatic rings. The van der Waals surface area contributed by atoms with E-state index >= 15 is 0 Å². The molecule has 1 heterocycles. The molecule has 1 aromatic rings. The highest BCUT2D eigenvalue weighted by atomic mass is 35.5. The number of rotatable bonds is 4. The van der Waals surface area contributed by atoms with Crippen molar-refractivity contribution >= 4 is 22.9 Å². The van der Waals surface area contributed by atoms with E-state index in [1.165, 1.54) is 11.3 Å². The molecule has 1 unspecified atom stereocenters. The summed E-state index contributed by atoms with van der Waals surface area (Å²) in [5.41, 5.74) is -0.400. The minimum absolute atomic E-state index is 0.400. The molecule has 1 atom stereocenters. The second-order valence-electron chi connectivity index (χ2n) is 4.24. The highest BCUT2D eigenvalue weighted by molar-refractivity contribution is 7.10. The van der Waals surface area contributed by atoms with Crippen LogP contribution in [0.25, 0.3) is 0 Å². The summed E-state index contributed by atoms with van der Waals surface area (Å²) in [6.45, 7) is 2.61. The molecule has 16 heavy (non-hydrogen) atoms. The Morgan fingerprint density at radius 3 is 2.75 bits per heavy atom. The molecular weight excluding hydrogens is 244 g/mol. The van der Waals surface area contributed by atoms with E-state index in [4.69, 9.17) is 16.3 Å². The van der Waals surface area contributed by atoms with Gasteiger partial charge < -0.3 is 9.84 Å². The van der Waals surface area contributed by atoms with Gasteiger partial charge in [-0.1, -0.05) is 24.4 Å². The number of aliphatic hydroxyl groups excluding tert-OH is 1. The van der Waals surface area contributed by atoms with Crippen LogP contribution in [0.1, 0.15) is 43.6 Å². The van der Waals surface area contributed by atoms with E-state index in [0.717, 1.165) is 30.6 Å². The molecule has 2 nitrogen and oxygen atoms in total. The third-order valence-corrected chi connectivity index (χ3v) is 4.68. The fraction of sp³-hybridized carbons (Fsp3) is 0.667. The van der Waals surface area contributed by atoms with Gasteiger partial charge in [0.05, 0.1) is 15.5 Å². The van der Waals surface area contributed by atoms with Crippen LogP contribution in [0.4, 0.5) is 0 Å². The Bertz CT molecular complexity index is 345. The highest BCUT2D eigenvalue weighted by Gasteiger charge is 2.43. The van der Waals surface area contributed by atoms with Gasteiger partial charge in [0.2, 0.25) is 0 Å².